The van der Waals surface area contributed by atoms with E-state index in [9.17, 15) is 0 Å². The van der Waals surface area contributed by atoms with Gasteiger partial charge < -0.3 is 15.2 Å². The van der Waals surface area contributed by atoms with E-state index in [0.717, 1.165) is 42.9 Å². The van der Waals surface area contributed by atoms with Crippen LogP contribution in [-0.2, 0) is 0 Å². The van der Waals surface area contributed by atoms with Crippen molar-refractivity contribution >= 4 is 5.82 Å². The minimum atomic E-state index is 0.226. The Hall–Kier alpha value is -2.73. The third-order valence-electron chi connectivity index (χ3n) is 4.23. The van der Waals surface area contributed by atoms with Gasteiger partial charge >= 0.3 is 0 Å². The van der Waals surface area contributed by atoms with E-state index in [-0.39, 0.29) is 6.04 Å². The van der Waals surface area contributed by atoms with E-state index in [1.807, 2.05) is 42.5 Å². The fourth-order valence-corrected chi connectivity index (χ4v) is 2.96. The normalized spacial score (nSPS) is 17.9. The number of nitrogens with zero attached hydrogens (tertiary/aromatic N) is 4. The van der Waals surface area contributed by atoms with Crippen molar-refractivity contribution in [3.8, 4) is 22.8 Å². The summed E-state index contributed by atoms with van der Waals surface area (Å²) in [6, 6.07) is 13.9. The quantitative estimate of drug-likeness (QED) is 0.799. The van der Waals surface area contributed by atoms with Crippen LogP contribution >= 0.6 is 0 Å². The fourth-order valence-electron chi connectivity index (χ4n) is 2.96. The lowest BCUT2D eigenvalue weighted by molar-refractivity contribution is 0.432. The lowest BCUT2D eigenvalue weighted by atomic mass is 10.1. The predicted octanol–water partition coefficient (Wildman–Crippen LogP) is 2.73. The van der Waals surface area contributed by atoms with Crippen LogP contribution < -0.4 is 10.6 Å². The van der Waals surface area contributed by atoms with Crippen LogP contribution in [0.25, 0.3) is 22.8 Å². The van der Waals surface area contributed by atoms with E-state index >= 15 is 0 Å². The molecule has 0 aliphatic carbocycles. The maximum atomic E-state index is 6.04. The third kappa shape index (κ3) is 3.00. The van der Waals surface area contributed by atoms with Gasteiger partial charge in [0.15, 0.2) is 0 Å². The van der Waals surface area contributed by atoms with Crippen LogP contribution in [-0.4, -0.2) is 34.3 Å². The van der Waals surface area contributed by atoms with Crippen molar-refractivity contribution < 1.29 is 4.52 Å². The third-order valence-corrected chi connectivity index (χ3v) is 4.23. The molecule has 0 bridgehead atoms. The molecule has 122 valence electrons. The van der Waals surface area contributed by atoms with Gasteiger partial charge in [0, 0.05) is 30.9 Å². The molecule has 2 N–H and O–H groups in total. The first-order valence-corrected chi connectivity index (χ1v) is 8.16. The van der Waals surface area contributed by atoms with Crippen LogP contribution in [0.1, 0.15) is 12.8 Å². The Kier molecular flexibility index (Phi) is 3.96. The highest BCUT2D eigenvalue weighted by Gasteiger charge is 2.18. The highest BCUT2D eigenvalue weighted by molar-refractivity contribution is 5.60. The Morgan fingerprint density at radius 2 is 1.96 bits per heavy atom. The SMILES string of the molecule is NC1CCCN(c2ccc(-c3nc(-c4ccccc4)no3)cn2)C1. The summed E-state index contributed by atoms with van der Waals surface area (Å²) in [6.45, 7) is 1.85. The number of nitrogens with two attached hydrogens (primary N) is 1. The van der Waals surface area contributed by atoms with Gasteiger partial charge in [0.1, 0.15) is 5.82 Å². The minimum absolute atomic E-state index is 0.226. The molecule has 0 saturated carbocycles. The van der Waals surface area contributed by atoms with Gasteiger partial charge in [-0.15, -0.1) is 0 Å². The molecule has 1 atom stereocenters. The lowest BCUT2D eigenvalue weighted by Crippen LogP contribution is -2.43. The van der Waals surface area contributed by atoms with Crippen molar-refractivity contribution in [1.82, 2.24) is 15.1 Å². The molecule has 1 fully saturated rings. The van der Waals surface area contributed by atoms with E-state index < -0.39 is 0 Å². The molecule has 6 heteroatoms. The molecule has 1 saturated heterocycles. The van der Waals surface area contributed by atoms with Crippen molar-refractivity contribution in [1.29, 1.82) is 0 Å². The molecule has 1 aliphatic rings. The summed E-state index contributed by atoms with van der Waals surface area (Å²) >= 11 is 0. The van der Waals surface area contributed by atoms with Crippen molar-refractivity contribution in [3.05, 3.63) is 48.7 Å². The van der Waals surface area contributed by atoms with Gasteiger partial charge in [-0.25, -0.2) is 4.98 Å². The zero-order valence-corrected chi connectivity index (χ0v) is 13.3. The summed E-state index contributed by atoms with van der Waals surface area (Å²) < 4.78 is 5.37. The maximum absolute atomic E-state index is 6.04. The molecule has 3 heterocycles. The van der Waals surface area contributed by atoms with Gasteiger partial charge in [-0.3, -0.25) is 0 Å². The van der Waals surface area contributed by atoms with Crippen molar-refractivity contribution in [2.24, 2.45) is 5.73 Å². The lowest BCUT2D eigenvalue weighted by Gasteiger charge is -2.31. The number of hydrogen-bond donors (Lipinski definition) is 1. The second-order valence-corrected chi connectivity index (χ2v) is 6.04. The number of pyridine rings is 1. The van der Waals surface area contributed by atoms with Gasteiger partial charge in [-0.1, -0.05) is 35.5 Å². The molecule has 0 spiro atoms. The molecule has 1 aliphatic heterocycles. The molecule has 1 aromatic carbocycles. The van der Waals surface area contributed by atoms with Gasteiger partial charge in [0.05, 0.1) is 5.56 Å². The number of aromatic nitrogens is 3. The fraction of sp³-hybridized carbons (Fsp3) is 0.278. The molecule has 2 aromatic heterocycles. The molecule has 24 heavy (non-hydrogen) atoms. The summed E-state index contributed by atoms with van der Waals surface area (Å²) in [5, 5.41) is 4.04. The second-order valence-electron chi connectivity index (χ2n) is 6.04. The Balaban J connectivity index is 1.54. The standard InChI is InChI=1S/C18H19N5O/c19-15-7-4-10-23(12-15)16-9-8-14(11-20-16)18-21-17(22-24-18)13-5-2-1-3-6-13/h1-3,5-6,8-9,11,15H,4,7,10,12,19H2. The van der Waals surface area contributed by atoms with Gasteiger partial charge in [0.25, 0.3) is 5.89 Å². The second kappa shape index (κ2) is 6.41. The van der Waals surface area contributed by atoms with E-state index in [2.05, 4.69) is 20.0 Å². The molecule has 0 radical (unpaired) electrons. The molecular weight excluding hydrogens is 302 g/mol. The average Bonchev–Trinajstić information content (AvgIpc) is 3.13. The highest BCUT2D eigenvalue weighted by atomic mass is 16.5. The highest BCUT2D eigenvalue weighted by Crippen LogP contribution is 2.24. The molecular formula is C18H19N5O. The summed E-state index contributed by atoms with van der Waals surface area (Å²) in [5.41, 5.74) is 7.78. The topological polar surface area (TPSA) is 81.1 Å². The number of piperidine rings is 1. The van der Waals surface area contributed by atoms with Crippen LogP contribution in [0.2, 0.25) is 0 Å². The molecule has 4 rings (SSSR count). The van der Waals surface area contributed by atoms with Crippen LogP contribution in [0.4, 0.5) is 5.82 Å². The average molecular weight is 321 g/mol. The number of hydrogen-bond acceptors (Lipinski definition) is 6. The van der Waals surface area contributed by atoms with Gasteiger partial charge in [-0.2, -0.15) is 4.98 Å². The first-order valence-electron chi connectivity index (χ1n) is 8.16. The largest absolute Gasteiger partial charge is 0.355 e. The molecule has 3 aromatic rings. The molecule has 1 unspecified atom stereocenters. The van der Waals surface area contributed by atoms with Crippen molar-refractivity contribution in [2.75, 3.05) is 18.0 Å². The van der Waals surface area contributed by atoms with E-state index in [1.165, 1.54) is 0 Å². The molecule has 0 amide bonds. The van der Waals surface area contributed by atoms with E-state index in [4.69, 9.17) is 10.3 Å². The number of benzene rings is 1. The maximum Gasteiger partial charge on any atom is 0.259 e. The zero-order valence-electron chi connectivity index (χ0n) is 13.3. The van der Waals surface area contributed by atoms with Crippen LogP contribution in [0.5, 0.6) is 0 Å². The van der Waals surface area contributed by atoms with Crippen LogP contribution in [0, 0.1) is 0 Å². The smallest absolute Gasteiger partial charge is 0.259 e. The zero-order chi connectivity index (χ0) is 16.4. The summed E-state index contributed by atoms with van der Waals surface area (Å²) in [7, 11) is 0. The minimum Gasteiger partial charge on any atom is -0.355 e. The Bertz CT molecular complexity index is 800. The Morgan fingerprint density at radius 1 is 1.08 bits per heavy atom. The summed E-state index contributed by atoms with van der Waals surface area (Å²) in [5.74, 6) is 2.00. The van der Waals surface area contributed by atoms with Crippen LogP contribution in [0.3, 0.4) is 0 Å². The first kappa shape index (κ1) is 14.8. The Morgan fingerprint density at radius 3 is 2.71 bits per heavy atom. The predicted molar refractivity (Wildman–Crippen MR) is 92.4 cm³/mol. The summed E-state index contributed by atoms with van der Waals surface area (Å²) in [4.78, 5) is 11.2. The van der Waals surface area contributed by atoms with Crippen molar-refractivity contribution in [3.63, 3.8) is 0 Å². The number of anilines is 1. The van der Waals surface area contributed by atoms with Gasteiger partial charge in [0.2, 0.25) is 5.82 Å². The van der Waals surface area contributed by atoms with E-state index in [0.29, 0.717) is 11.7 Å². The summed E-state index contributed by atoms with van der Waals surface area (Å²) in [6.07, 6.45) is 3.96. The number of rotatable bonds is 3. The molecule has 6 nitrogen and oxygen atoms in total. The van der Waals surface area contributed by atoms with Crippen molar-refractivity contribution in [2.45, 2.75) is 18.9 Å². The van der Waals surface area contributed by atoms with Crippen LogP contribution in [0.15, 0.2) is 53.2 Å². The Labute approximate surface area is 140 Å². The van der Waals surface area contributed by atoms with E-state index in [1.54, 1.807) is 6.20 Å². The first-order chi connectivity index (χ1) is 11.8. The van der Waals surface area contributed by atoms with Gasteiger partial charge in [-0.05, 0) is 25.0 Å². The monoisotopic (exact) mass is 321 g/mol.